The van der Waals surface area contributed by atoms with Gasteiger partial charge in [-0.1, -0.05) is 6.07 Å². The molecule has 0 aromatic carbocycles. The number of rotatable bonds is 3. The van der Waals surface area contributed by atoms with Crippen molar-refractivity contribution in [2.24, 2.45) is 0 Å². The predicted molar refractivity (Wildman–Crippen MR) is 67.3 cm³/mol. The Morgan fingerprint density at radius 1 is 1.29 bits per heavy atom. The number of carboxylic acids is 1. The van der Waals surface area contributed by atoms with Crippen LogP contribution in [0.4, 0.5) is 0 Å². The van der Waals surface area contributed by atoms with E-state index in [4.69, 9.17) is 5.11 Å². The molecule has 0 saturated heterocycles. The predicted octanol–water partition coefficient (Wildman–Crippen LogP) is 2.30. The van der Waals surface area contributed by atoms with Crippen molar-refractivity contribution in [2.45, 2.75) is 0 Å². The van der Waals surface area contributed by atoms with E-state index in [-0.39, 0.29) is 5.56 Å². The van der Waals surface area contributed by atoms with E-state index >= 15 is 0 Å². The Labute approximate surface area is 101 Å². The first-order valence-electron chi connectivity index (χ1n) is 4.85. The Bertz CT molecular complexity index is 611. The van der Waals surface area contributed by atoms with Crippen LogP contribution in [0.25, 0.3) is 12.2 Å². The van der Waals surface area contributed by atoms with Gasteiger partial charge in [0.15, 0.2) is 0 Å². The van der Waals surface area contributed by atoms with Crippen molar-refractivity contribution in [1.82, 2.24) is 4.98 Å². The molecular weight excluding hydrogens is 238 g/mol. The number of H-pyrrole nitrogens is 1. The molecule has 0 aliphatic carbocycles. The number of carboxylic acid groups (broad SMARTS) is 1. The molecule has 0 aliphatic rings. The molecule has 2 rings (SSSR count). The fourth-order valence-corrected chi connectivity index (χ4v) is 1.93. The maximum Gasteiger partial charge on any atom is 0.341 e. The van der Waals surface area contributed by atoms with Gasteiger partial charge in [0, 0.05) is 10.6 Å². The van der Waals surface area contributed by atoms with E-state index < -0.39 is 11.5 Å². The normalized spacial score (nSPS) is 10.8. The SMILES string of the molecule is O=C(O)c1ccc(/C=C/c2cccs2)[nH]c1=O. The smallest absolute Gasteiger partial charge is 0.341 e. The van der Waals surface area contributed by atoms with Crippen LogP contribution in [0.2, 0.25) is 0 Å². The summed E-state index contributed by atoms with van der Waals surface area (Å²) >= 11 is 1.58. The minimum atomic E-state index is -1.22. The topological polar surface area (TPSA) is 70.2 Å². The summed E-state index contributed by atoms with van der Waals surface area (Å²) in [5, 5.41) is 10.7. The summed E-state index contributed by atoms with van der Waals surface area (Å²) < 4.78 is 0. The summed E-state index contributed by atoms with van der Waals surface area (Å²) in [7, 11) is 0. The lowest BCUT2D eigenvalue weighted by Crippen LogP contribution is -2.17. The number of aromatic nitrogens is 1. The van der Waals surface area contributed by atoms with E-state index in [1.54, 1.807) is 23.5 Å². The van der Waals surface area contributed by atoms with Crippen LogP contribution < -0.4 is 5.56 Å². The first-order chi connectivity index (χ1) is 8.16. The standard InChI is InChI=1S/C12H9NO3S/c14-11-10(12(15)16)6-4-8(13-11)3-5-9-2-1-7-17-9/h1-7H,(H,13,14)(H,15,16)/b5-3+. The largest absolute Gasteiger partial charge is 0.477 e. The maximum atomic E-state index is 11.4. The van der Waals surface area contributed by atoms with Crippen molar-refractivity contribution in [3.8, 4) is 0 Å². The number of thiophene rings is 1. The number of nitrogens with one attached hydrogen (secondary N) is 1. The summed E-state index contributed by atoms with van der Waals surface area (Å²) in [6, 6.07) is 6.75. The average molecular weight is 247 g/mol. The van der Waals surface area contributed by atoms with Crippen molar-refractivity contribution in [1.29, 1.82) is 0 Å². The lowest BCUT2D eigenvalue weighted by molar-refractivity contribution is 0.0695. The van der Waals surface area contributed by atoms with E-state index in [2.05, 4.69) is 4.98 Å². The van der Waals surface area contributed by atoms with Crippen LogP contribution in [0, 0.1) is 0 Å². The molecule has 0 atom stereocenters. The molecule has 0 aliphatic heterocycles. The lowest BCUT2D eigenvalue weighted by Gasteiger charge is -1.95. The second kappa shape index (κ2) is 4.80. The number of pyridine rings is 1. The Morgan fingerprint density at radius 2 is 2.12 bits per heavy atom. The zero-order chi connectivity index (χ0) is 12.3. The van der Waals surface area contributed by atoms with Crippen molar-refractivity contribution in [3.63, 3.8) is 0 Å². The van der Waals surface area contributed by atoms with Gasteiger partial charge in [0.05, 0.1) is 0 Å². The second-order valence-corrected chi connectivity index (χ2v) is 4.29. The fraction of sp³-hybridized carbons (Fsp3) is 0. The van der Waals surface area contributed by atoms with E-state index in [0.717, 1.165) is 4.88 Å². The Morgan fingerprint density at radius 3 is 2.71 bits per heavy atom. The monoisotopic (exact) mass is 247 g/mol. The Balaban J connectivity index is 2.27. The molecule has 0 saturated carbocycles. The molecule has 0 amide bonds. The van der Waals surface area contributed by atoms with Gasteiger partial charge in [-0.3, -0.25) is 4.79 Å². The first kappa shape index (κ1) is 11.3. The highest BCUT2D eigenvalue weighted by Gasteiger charge is 2.07. The third-order valence-electron chi connectivity index (χ3n) is 2.13. The summed E-state index contributed by atoms with van der Waals surface area (Å²) in [6.45, 7) is 0. The Kier molecular flexibility index (Phi) is 3.20. The highest BCUT2D eigenvalue weighted by molar-refractivity contribution is 7.10. The molecule has 2 N–H and O–H groups in total. The third kappa shape index (κ3) is 2.70. The van der Waals surface area contributed by atoms with Crippen LogP contribution in [0.5, 0.6) is 0 Å². The Hall–Kier alpha value is -2.14. The minimum absolute atomic E-state index is 0.252. The van der Waals surface area contributed by atoms with E-state index in [0.29, 0.717) is 5.69 Å². The molecule has 0 unspecified atom stereocenters. The van der Waals surface area contributed by atoms with Crippen LogP contribution in [-0.2, 0) is 0 Å². The fourth-order valence-electron chi connectivity index (χ4n) is 1.31. The molecule has 2 aromatic rings. The zero-order valence-electron chi connectivity index (χ0n) is 8.71. The van der Waals surface area contributed by atoms with Gasteiger partial charge in [0.1, 0.15) is 5.56 Å². The van der Waals surface area contributed by atoms with Gasteiger partial charge >= 0.3 is 5.97 Å². The second-order valence-electron chi connectivity index (χ2n) is 3.31. The summed E-state index contributed by atoms with van der Waals surface area (Å²) in [4.78, 5) is 25.6. The summed E-state index contributed by atoms with van der Waals surface area (Å²) in [6.07, 6.45) is 3.59. The van der Waals surface area contributed by atoms with E-state index in [1.165, 1.54) is 6.07 Å². The van der Waals surface area contributed by atoms with Crippen LogP contribution in [-0.4, -0.2) is 16.1 Å². The number of hydrogen-bond acceptors (Lipinski definition) is 3. The molecule has 86 valence electrons. The molecular formula is C12H9NO3S. The van der Waals surface area contributed by atoms with Crippen molar-refractivity contribution in [2.75, 3.05) is 0 Å². The molecule has 2 heterocycles. The number of carbonyl (C=O) groups is 1. The van der Waals surface area contributed by atoms with Crippen LogP contribution in [0.1, 0.15) is 20.9 Å². The van der Waals surface area contributed by atoms with Gasteiger partial charge in [-0.05, 0) is 35.7 Å². The number of aromatic carboxylic acids is 1. The number of hydrogen-bond donors (Lipinski definition) is 2. The van der Waals surface area contributed by atoms with Gasteiger partial charge in [0.25, 0.3) is 5.56 Å². The van der Waals surface area contributed by atoms with Crippen molar-refractivity contribution < 1.29 is 9.90 Å². The molecule has 5 heteroatoms. The highest BCUT2D eigenvalue weighted by Crippen LogP contribution is 2.12. The maximum absolute atomic E-state index is 11.4. The molecule has 0 spiro atoms. The van der Waals surface area contributed by atoms with E-state index in [9.17, 15) is 9.59 Å². The quantitative estimate of drug-likeness (QED) is 0.874. The van der Waals surface area contributed by atoms with Crippen LogP contribution in [0.3, 0.4) is 0 Å². The average Bonchev–Trinajstić information content (AvgIpc) is 2.78. The molecule has 0 bridgehead atoms. The van der Waals surface area contributed by atoms with Crippen LogP contribution in [0.15, 0.2) is 34.4 Å². The van der Waals surface area contributed by atoms with Gasteiger partial charge in [-0.15, -0.1) is 11.3 Å². The molecule has 2 aromatic heterocycles. The van der Waals surface area contributed by atoms with Crippen molar-refractivity contribution >= 4 is 29.5 Å². The third-order valence-corrected chi connectivity index (χ3v) is 2.97. The van der Waals surface area contributed by atoms with Gasteiger partial charge in [0.2, 0.25) is 0 Å². The molecule has 17 heavy (non-hydrogen) atoms. The van der Waals surface area contributed by atoms with Gasteiger partial charge < -0.3 is 10.1 Å². The number of aromatic amines is 1. The van der Waals surface area contributed by atoms with E-state index in [1.807, 2.05) is 23.6 Å². The minimum Gasteiger partial charge on any atom is -0.477 e. The van der Waals surface area contributed by atoms with Crippen molar-refractivity contribution in [3.05, 3.63) is 56.1 Å². The molecule has 4 nitrogen and oxygen atoms in total. The lowest BCUT2D eigenvalue weighted by atomic mass is 10.2. The van der Waals surface area contributed by atoms with Gasteiger partial charge in [-0.25, -0.2) is 4.79 Å². The summed E-state index contributed by atoms with van der Waals surface area (Å²) in [5.74, 6) is -1.22. The van der Waals surface area contributed by atoms with Gasteiger partial charge in [-0.2, -0.15) is 0 Å². The molecule has 0 radical (unpaired) electrons. The molecule has 0 fully saturated rings. The van der Waals surface area contributed by atoms with Crippen LogP contribution >= 0.6 is 11.3 Å². The summed E-state index contributed by atoms with van der Waals surface area (Å²) in [5.41, 5.74) is -0.266. The first-order valence-corrected chi connectivity index (χ1v) is 5.73. The zero-order valence-corrected chi connectivity index (χ0v) is 9.53. The highest BCUT2D eigenvalue weighted by atomic mass is 32.1.